The van der Waals surface area contributed by atoms with Crippen LogP contribution in [0.15, 0.2) is 66.7 Å². The quantitative estimate of drug-likeness (QED) is 0.685. The first-order valence-electron chi connectivity index (χ1n) is 8.51. The lowest BCUT2D eigenvalue weighted by atomic mass is 10.0. The van der Waals surface area contributed by atoms with E-state index in [1.165, 1.54) is 22.5 Å². The Labute approximate surface area is 158 Å². The van der Waals surface area contributed by atoms with Crippen LogP contribution in [0.5, 0.6) is 0 Å². The summed E-state index contributed by atoms with van der Waals surface area (Å²) >= 11 is 1.52. The fourth-order valence-electron chi connectivity index (χ4n) is 2.85. The van der Waals surface area contributed by atoms with Crippen molar-refractivity contribution in [3.63, 3.8) is 0 Å². The Kier molecular flexibility index (Phi) is 5.93. The van der Waals surface area contributed by atoms with E-state index in [2.05, 4.69) is 41.7 Å². The molecular weight excluding hydrogens is 340 g/mol. The standard InChI is InChI=1S/C22H20N2OS/c1-16(18-11-10-17-6-2-3-7-19(17)12-18)24-22(25)15-26-14-21-9-5-4-8-20(21)13-23/h2-12,16H,14-15H2,1H3,(H,24,25)/t16-/m0/s1. The van der Waals surface area contributed by atoms with Crippen LogP contribution in [0.3, 0.4) is 0 Å². The summed E-state index contributed by atoms with van der Waals surface area (Å²) in [6.45, 7) is 2.00. The van der Waals surface area contributed by atoms with Gasteiger partial charge in [-0.1, -0.05) is 54.6 Å². The Morgan fingerprint density at radius 1 is 1.08 bits per heavy atom. The molecule has 1 atom stereocenters. The number of carbonyl (C=O) groups is 1. The number of nitrogens with one attached hydrogen (secondary N) is 1. The highest BCUT2D eigenvalue weighted by atomic mass is 32.2. The summed E-state index contributed by atoms with van der Waals surface area (Å²) in [5.74, 6) is 1.03. The zero-order valence-corrected chi connectivity index (χ0v) is 15.4. The lowest BCUT2D eigenvalue weighted by Crippen LogP contribution is -2.28. The SMILES string of the molecule is C[C@H](NC(=O)CSCc1ccccc1C#N)c1ccc2ccccc2c1. The van der Waals surface area contributed by atoms with Gasteiger partial charge in [0, 0.05) is 5.75 Å². The zero-order chi connectivity index (χ0) is 18.4. The van der Waals surface area contributed by atoms with Crippen LogP contribution in [0.25, 0.3) is 10.8 Å². The summed E-state index contributed by atoms with van der Waals surface area (Å²) < 4.78 is 0. The Bertz CT molecular complexity index is 962. The van der Waals surface area contributed by atoms with Crippen molar-refractivity contribution < 1.29 is 4.79 Å². The van der Waals surface area contributed by atoms with Crippen LogP contribution in [0, 0.1) is 11.3 Å². The van der Waals surface area contributed by atoms with Gasteiger partial charge in [-0.15, -0.1) is 11.8 Å². The molecule has 0 spiro atoms. The van der Waals surface area contributed by atoms with Gasteiger partial charge in [0.05, 0.1) is 23.4 Å². The summed E-state index contributed by atoms with van der Waals surface area (Å²) in [7, 11) is 0. The van der Waals surface area contributed by atoms with Crippen molar-refractivity contribution in [2.75, 3.05) is 5.75 Å². The molecule has 0 heterocycles. The predicted octanol–water partition coefficient (Wildman–Crippen LogP) is 4.82. The first-order chi connectivity index (χ1) is 12.7. The fraction of sp³-hybridized carbons (Fsp3) is 0.182. The molecule has 0 saturated carbocycles. The van der Waals surface area contributed by atoms with Crippen LogP contribution in [0.4, 0.5) is 0 Å². The van der Waals surface area contributed by atoms with E-state index >= 15 is 0 Å². The van der Waals surface area contributed by atoms with E-state index in [-0.39, 0.29) is 11.9 Å². The fourth-order valence-corrected chi connectivity index (χ4v) is 3.69. The highest BCUT2D eigenvalue weighted by Gasteiger charge is 2.11. The van der Waals surface area contributed by atoms with Gasteiger partial charge in [0.2, 0.25) is 5.91 Å². The second kappa shape index (κ2) is 8.55. The maximum Gasteiger partial charge on any atom is 0.230 e. The first kappa shape index (κ1) is 18.0. The molecule has 0 saturated heterocycles. The van der Waals surface area contributed by atoms with E-state index in [9.17, 15) is 4.79 Å². The molecule has 0 aromatic heterocycles. The predicted molar refractivity (Wildman–Crippen MR) is 108 cm³/mol. The molecule has 0 radical (unpaired) electrons. The molecule has 3 nitrogen and oxygen atoms in total. The second-order valence-corrected chi connectivity index (χ2v) is 7.14. The molecule has 0 aliphatic heterocycles. The summed E-state index contributed by atoms with van der Waals surface area (Å²) in [6, 6.07) is 24.1. The monoisotopic (exact) mass is 360 g/mol. The summed E-state index contributed by atoms with van der Waals surface area (Å²) in [5.41, 5.74) is 2.73. The number of hydrogen-bond donors (Lipinski definition) is 1. The summed E-state index contributed by atoms with van der Waals surface area (Å²) in [6.07, 6.45) is 0. The third-order valence-electron chi connectivity index (χ3n) is 4.28. The molecule has 1 amide bonds. The zero-order valence-electron chi connectivity index (χ0n) is 14.6. The molecular formula is C22H20N2OS. The number of nitrogens with zero attached hydrogens (tertiary/aromatic N) is 1. The Hall–Kier alpha value is -2.77. The van der Waals surface area contributed by atoms with E-state index in [1.807, 2.05) is 37.3 Å². The minimum absolute atomic E-state index is 0.00472. The number of thioether (sulfide) groups is 1. The van der Waals surface area contributed by atoms with Crippen molar-refractivity contribution >= 4 is 28.4 Å². The number of rotatable bonds is 6. The molecule has 0 unspecified atom stereocenters. The number of benzene rings is 3. The molecule has 3 aromatic rings. The average Bonchev–Trinajstić information content (AvgIpc) is 2.68. The highest BCUT2D eigenvalue weighted by Crippen LogP contribution is 2.21. The average molecular weight is 360 g/mol. The number of carbonyl (C=O) groups excluding carboxylic acids is 1. The van der Waals surface area contributed by atoms with Crippen molar-refractivity contribution in [2.45, 2.75) is 18.7 Å². The Balaban J connectivity index is 1.54. The van der Waals surface area contributed by atoms with Gasteiger partial charge >= 0.3 is 0 Å². The minimum atomic E-state index is -0.0425. The van der Waals surface area contributed by atoms with E-state index in [0.29, 0.717) is 17.1 Å². The topological polar surface area (TPSA) is 52.9 Å². The van der Waals surface area contributed by atoms with E-state index < -0.39 is 0 Å². The highest BCUT2D eigenvalue weighted by molar-refractivity contribution is 7.99. The lowest BCUT2D eigenvalue weighted by molar-refractivity contribution is -0.119. The van der Waals surface area contributed by atoms with Crippen LogP contribution in [-0.4, -0.2) is 11.7 Å². The third-order valence-corrected chi connectivity index (χ3v) is 5.26. The van der Waals surface area contributed by atoms with Crippen molar-refractivity contribution in [3.8, 4) is 6.07 Å². The molecule has 0 aliphatic carbocycles. The van der Waals surface area contributed by atoms with Gasteiger partial charge in [-0.05, 0) is 41.0 Å². The molecule has 1 N–H and O–H groups in total. The van der Waals surface area contributed by atoms with Gasteiger partial charge in [0.15, 0.2) is 0 Å². The van der Waals surface area contributed by atoms with Crippen LogP contribution in [0.2, 0.25) is 0 Å². The lowest BCUT2D eigenvalue weighted by Gasteiger charge is -2.15. The van der Waals surface area contributed by atoms with E-state index in [1.54, 1.807) is 6.07 Å². The van der Waals surface area contributed by atoms with Crippen LogP contribution in [-0.2, 0) is 10.5 Å². The maximum atomic E-state index is 12.2. The number of fused-ring (bicyclic) bond motifs is 1. The third kappa shape index (κ3) is 4.44. The normalized spacial score (nSPS) is 11.7. The first-order valence-corrected chi connectivity index (χ1v) is 9.66. The largest absolute Gasteiger partial charge is 0.349 e. The number of nitriles is 1. The molecule has 130 valence electrons. The molecule has 0 aliphatic rings. The molecule has 3 aromatic carbocycles. The van der Waals surface area contributed by atoms with Gasteiger partial charge in [0.1, 0.15) is 0 Å². The van der Waals surface area contributed by atoms with Crippen LogP contribution < -0.4 is 5.32 Å². The molecule has 3 rings (SSSR count). The van der Waals surface area contributed by atoms with E-state index in [0.717, 1.165) is 11.1 Å². The smallest absolute Gasteiger partial charge is 0.230 e. The molecule has 0 bridgehead atoms. The van der Waals surface area contributed by atoms with Crippen LogP contribution in [0.1, 0.15) is 29.7 Å². The van der Waals surface area contributed by atoms with Gasteiger partial charge in [-0.3, -0.25) is 4.79 Å². The minimum Gasteiger partial charge on any atom is -0.349 e. The van der Waals surface area contributed by atoms with Crippen molar-refractivity contribution in [1.29, 1.82) is 5.26 Å². The number of hydrogen-bond acceptors (Lipinski definition) is 3. The van der Waals surface area contributed by atoms with Crippen molar-refractivity contribution in [2.24, 2.45) is 0 Å². The Morgan fingerprint density at radius 2 is 1.81 bits per heavy atom. The Morgan fingerprint density at radius 3 is 2.62 bits per heavy atom. The van der Waals surface area contributed by atoms with Crippen molar-refractivity contribution in [3.05, 3.63) is 83.4 Å². The van der Waals surface area contributed by atoms with Gasteiger partial charge in [-0.25, -0.2) is 0 Å². The van der Waals surface area contributed by atoms with Gasteiger partial charge in [-0.2, -0.15) is 5.26 Å². The summed E-state index contributed by atoms with van der Waals surface area (Å²) in [4.78, 5) is 12.2. The van der Waals surface area contributed by atoms with Gasteiger partial charge in [0.25, 0.3) is 0 Å². The molecule has 0 fully saturated rings. The van der Waals surface area contributed by atoms with Gasteiger partial charge < -0.3 is 5.32 Å². The second-order valence-electron chi connectivity index (χ2n) is 6.16. The van der Waals surface area contributed by atoms with Crippen LogP contribution >= 0.6 is 11.8 Å². The summed E-state index contributed by atoms with van der Waals surface area (Å²) in [5, 5.41) is 14.5. The van der Waals surface area contributed by atoms with E-state index in [4.69, 9.17) is 5.26 Å². The number of amides is 1. The van der Waals surface area contributed by atoms with Crippen molar-refractivity contribution in [1.82, 2.24) is 5.32 Å². The molecule has 4 heteroatoms. The molecule has 26 heavy (non-hydrogen) atoms. The maximum absolute atomic E-state index is 12.2.